The number of anilines is 3. The Balaban J connectivity index is 1.72. The van der Waals surface area contributed by atoms with Gasteiger partial charge >= 0.3 is 0 Å². The molecule has 3 rings (SSSR count). The minimum atomic E-state index is 0.609. The van der Waals surface area contributed by atoms with Crippen LogP contribution in [0.1, 0.15) is 11.5 Å². The molecular weight excluding hydrogens is 310 g/mol. The summed E-state index contributed by atoms with van der Waals surface area (Å²) in [7, 11) is 0. The highest BCUT2D eigenvalue weighted by atomic mass is 35.5. The van der Waals surface area contributed by atoms with Gasteiger partial charge in [0.05, 0.1) is 12.2 Å². The van der Waals surface area contributed by atoms with Gasteiger partial charge in [-0.3, -0.25) is 4.98 Å². The molecule has 23 heavy (non-hydrogen) atoms. The van der Waals surface area contributed by atoms with Crippen molar-refractivity contribution in [3.63, 3.8) is 0 Å². The first-order valence-electron chi connectivity index (χ1n) is 7.21. The number of aromatic nitrogens is 3. The molecule has 0 aliphatic carbocycles. The molecule has 0 aliphatic rings. The highest BCUT2D eigenvalue weighted by Gasteiger charge is 2.03. The molecule has 1 aromatic carbocycles. The molecule has 0 saturated carbocycles. The number of halogens is 1. The lowest BCUT2D eigenvalue weighted by molar-refractivity contribution is 0.996. The molecule has 0 spiro atoms. The molecule has 0 fully saturated rings. The smallest absolute Gasteiger partial charge is 0.136 e. The van der Waals surface area contributed by atoms with E-state index in [4.69, 9.17) is 11.6 Å². The van der Waals surface area contributed by atoms with Gasteiger partial charge in [0.25, 0.3) is 0 Å². The van der Waals surface area contributed by atoms with Crippen molar-refractivity contribution in [3.05, 3.63) is 71.3 Å². The molecule has 5 nitrogen and oxygen atoms in total. The van der Waals surface area contributed by atoms with E-state index in [1.54, 1.807) is 6.20 Å². The molecule has 6 heteroatoms. The average Bonchev–Trinajstić information content (AvgIpc) is 2.56. The first kappa shape index (κ1) is 15.2. The van der Waals surface area contributed by atoms with Gasteiger partial charge in [-0.2, -0.15) is 0 Å². The van der Waals surface area contributed by atoms with E-state index in [0.29, 0.717) is 17.4 Å². The third-order valence-corrected chi connectivity index (χ3v) is 3.38. The number of pyridine rings is 1. The number of nitrogens with one attached hydrogen (secondary N) is 2. The van der Waals surface area contributed by atoms with Gasteiger partial charge in [0.1, 0.15) is 17.5 Å². The maximum atomic E-state index is 5.90. The normalized spacial score (nSPS) is 10.3. The molecule has 0 radical (unpaired) electrons. The zero-order chi connectivity index (χ0) is 16.1. The molecule has 2 aromatic heterocycles. The van der Waals surface area contributed by atoms with Crippen LogP contribution in [0.15, 0.2) is 54.7 Å². The molecule has 0 aliphatic heterocycles. The minimum Gasteiger partial charge on any atom is -0.364 e. The van der Waals surface area contributed by atoms with E-state index in [-0.39, 0.29) is 0 Å². The number of nitrogens with zero attached hydrogens (tertiary/aromatic N) is 3. The van der Waals surface area contributed by atoms with Gasteiger partial charge in [-0.05, 0) is 43.3 Å². The van der Waals surface area contributed by atoms with Gasteiger partial charge in [0, 0.05) is 23.0 Å². The van der Waals surface area contributed by atoms with E-state index < -0.39 is 0 Å². The van der Waals surface area contributed by atoms with Crippen LogP contribution in [0.25, 0.3) is 0 Å². The fraction of sp³-hybridized carbons (Fsp3) is 0.118. The summed E-state index contributed by atoms with van der Waals surface area (Å²) in [6, 6.07) is 15.2. The second-order valence-corrected chi connectivity index (χ2v) is 5.43. The Morgan fingerprint density at radius 2 is 1.78 bits per heavy atom. The van der Waals surface area contributed by atoms with Crippen molar-refractivity contribution in [2.45, 2.75) is 13.5 Å². The fourth-order valence-electron chi connectivity index (χ4n) is 2.09. The number of benzene rings is 1. The zero-order valence-corrected chi connectivity index (χ0v) is 13.4. The van der Waals surface area contributed by atoms with E-state index >= 15 is 0 Å². The lowest BCUT2D eigenvalue weighted by Gasteiger charge is -2.10. The Bertz CT molecular complexity index is 775. The van der Waals surface area contributed by atoms with E-state index in [9.17, 15) is 0 Å². The largest absolute Gasteiger partial charge is 0.364 e. The molecule has 0 amide bonds. The van der Waals surface area contributed by atoms with Crippen LogP contribution in [0.2, 0.25) is 5.02 Å². The Morgan fingerprint density at radius 3 is 2.52 bits per heavy atom. The third-order valence-electron chi connectivity index (χ3n) is 3.13. The lowest BCUT2D eigenvalue weighted by atomic mass is 10.3. The maximum absolute atomic E-state index is 5.90. The fourth-order valence-corrected chi connectivity index (χ4v) is 2.21. The first-order chi connectivity index (χ1) is 11.2. The minimum absolute atomic E-state index is 0.609. The van der Waals surface area contributed by atoms with Crippen LogP contribution < -0.4 is 10.6 Å². The van der Waals surface area contributed by atoms with Crippen molar-refractivity contribution in [2.75, 3.05) is 10.6 Å². The molecule has 116 valence electrons. The summed E-state index contributed by atoms with van der Waals surface area (Å²) in [4.78, 5) is 13.1. The summed E-state index contributed by atoms with van der Waals surface area (Å²) in [6.45, 7) is 2.47. The monoisotopic (exact) mass is 325 g/mol. The number of hydrogen-bond donors (Lipinski definition) is 2. The summed E-state index contributed by atoms with van der Waals surface area (Å²) in [6.07, 6.45) is 1.77. The van der Waals surface area contributed by atoms with Crippen molar-refractivity contribution in [1.82, 2.24) is 15.0 Å². The van der Waals surface area contributed by atoms with E-state index in [2.05, 4.69) is 25.6 Å². The van der Waals surface area contributed by atoms with Gasteiger partial charge in [0.15, 0.2) is 0 Å². The van der Waals surface area contributed by atoms with Gasteiger partial charge in [-0.25, -0.2) is 9.97 Å². The van der Waals surface area contributed by atoms with E-state index in [0.717, 1.165) is 23.0 Å². The van der Waals surface area contributed by atoms with Crippen molar-refractivity contribution < 1.29 is 0 Å². The first-order valence-corrected chi connectivity index (χ1v) is 7.59. The summed E-state index contributed by atoms with van der Waals surface area (Å²) < 4.78 is 0. The van der Waals surface area contributed by atoms with Gasteiger partial charge in [-0.15, -0.1) is 0 Å². The third kappa shape index (κ3) is 4.40. The summed E-state index contributed by atoms with van der Waals surface area (Å²) in [5, 5.41) is 7.21. The van der Waals surface area contributed by atoms with Crippen molar-refractivity contribution in [3.8, 4) is 0 Å². The molecule has 3 aromatic rings. The Labute approximate surface area is 139 Å². The van der Waals surface area contributed by atoms with Crippen LogP contribution in [-0.2, 0) is 6.54 Å². The molecule has 0 bridgehead atoms. The van der Waals surface area contributed by atoms with Crippen molar-refractivity contribution in [1.29, 1.82) is 0 Å². The Kier molecular flexibility index (Phi) is 4.68. The molecule has 2 heterocycles. The predicted molar refractivity (Wildman–Crippen MR) is 93.1 cm³/mol. The second kappa shape index (κ2) is 7.07. The van der Waals surface area contributed by atoms with Crippen LogP contribution in [-0.4, -0.2) is 15.0 Å². The highest BCUT2D eigenvalue weighted by Crippen LogP contribution is 2.19. The standard InChI is InChI=1S/C17H16ClN5/c1-12-21-16(20-11-15-4-2-3-9-19-15)10-17(22-12)23-14-7-5-13(18)6-8-14/h2-10H,11H2,1H3,(H2,20,21,22,23). The molecule has 0 unspecified atom stereocenters. The maximum Gasteiger partial charge on any atom is 0.136 e. The summed E-state index contributed by atoms with van der Waals surface area (Å²) >= 11 is 5.90. The molecule has 2 N–H and O–H groups in total. The van der Waals surface area contributed by atoms with Gasteiger partial charge < -0.3 is 10.6 Å². The topological polar surface area (TPSA) is 62.7 Å². The molecular formula is C17H16ClN5. The summed E-state index contributed by atoms with van der Waals surface area (Å²) in [5.74, 6) is 2.16. The van der Waals surface area contributed by atoms with Crippen molar-refractivity contribution >= 4 is 28.9 Å². The number of hydrogen-bond acceptors (Lipinski definition) is 5. The Hall–Kier alpha value is -2.66. The molecule has 0 saturated heterocycles. The van der Waals surface area contributed by atoms with Crippen LogP contribution in [0.4, 0.5) is 17.3 Å². The number of rotatable bonds is 5. The predicted octanol–water partition coefficient (Wildman–Crippen LogP) is 4.19. The zero-order valence-electron chi connectivity index (χ0n) is 12.6. The van der Waals surface area contributed by atoms with Crippen LogP contribution in [0.3, 0.4) is 0 Å². The Morgan fingerprint density at radius 1 is 1.00 bits per heavy atom. The van der Waals surface area contributed by atoms with E-state index in [1.807, 2.05) is 55.5 Å². The van der Waals surface area contributed by atoms with Crippen LogP contribution in [0.5, 0.6) is 0 Å². The van der Waals surface area contributed by atoms with Gasteiger partial charge in [-0.1, -0.05) is 17.7 Å². The number of aryl methyl sites for hydroxylation is 1. The van der Waals surface area contributed by atoms with E-state index in [1.165, 1.54) is 0 Å². The van der Waals surface area contributed by atoms with Crippen molar-refractivity contribution in [2.24, 2.45) is 0 Å². The summed E-state index contributed by atoms with van der Waals surface area (Å²) in [5.41, 5.74) is 1.87. The van der Waals surface area contributed by atoms with Crippen LogP contribution >= 0.6 is 11.6 Å². The molecule has 0 atom stereocenters. The highest BCUT2D eigenvalue weighted by molar-refractivity contribution is 6.30. The van der Waals surface area contributed by atoms with Gasteiger partial charge in [0.2, 0.25) is 0 Å². The average molecular weight is 326 g/mol. The second-order valence-electron chi connectivity index (χ2n) is 4.99. The SMILES string of the molecule is Cc1nc(NCc2ccccn2)cc(Nc2ccc(Cl)cc2)n1. The lowest BCUT2D eigenvalue weighted by Crippen LogP contribution is -2.06. The quantitative estimate of drug-likeness (QED) is 0.736. The van der Waals surface area contributed by atoms with Crippen LogP contribution in [0, 0.1) is 6.92 Å².